The molecule has 1 aromatic carbocycles. The number of sulfone groups is 1. The molecule has 35 heavy (non-hydrogen) atoms. The summed E-state index contributed by atoms with van der Waals surface area (Å²) in [5.74, 6) is -0.843. The average Bonchev–Trinajstić information content (AvgIpc) is 3.15. The van der Waals surface area contributed by atoms with Crippen molar-refractivity contribution in [2.45, 2.75) is 50.2 Å². The number of methoxy groups -OCH3 is 1. The van der Waals surface area contributed by atoms with Gasteiger partial charge in [0.05, 0.1) is 42.3 Å². The first kappa shape index (κ1) is 26.7. The summed E-state index contributed by atoms with van der Waals surface area (Å²) in [5.41, 5.74) is 0.924. The van der Waals surface area contributed by atoms with Crippen molar-refractivity contribution in [1.29, 1.82) is 0 Å². The van der Waals surface area contributed by atoms with Crippen LogP contribution in [0.4, 0.5) is 10.1 Å². The lowest BCUT2D eigenvalue weighted by molar-refractivity contribution is 0.296. The molecule has 0 aliphatic carbocycles. The predicted octanol–water partition coefficient (Wildman–Crippen LogP) is 4.27. The van der Waals surface area contributed by atoms with Crippen molar-refractivity contribution in [2.75, 3.05) is 24.7 Å². The van der Waals surface area contributed by atoms with Crippen LogP contribution in [0.3, 0.4) is 0 Å². The number of sulfonamides is 1. The molecule has 0 aliphatic rings. The first-order valence-corrected chi connectivity index (χ1v) is 14.3. The van der Waals surface area contributed by atoms with Crippen LogP contribution in [0, 0.1) is 5.82 Å². The summed E-state index contributed by atoms with van der Waals surface area (Å²) in [6, 6.07) is 4.10. The fourth-order valence-corrected chi connectivity index (χ4v) is 5.24. The van der Waals surface area contributed by atoms with E-state index in [1.165, 1.54) is 42.1 Å². The zero-order chi connectivity index (χ0) is 26.2. The third-order valence-electron chi connectivity index (χ3n) is 5.27. The van der Waals surface area contributed by atoms with Gasteiger partial charge in [0.1, 0.15) is 16.3 Å². The Morgan fingerprint density at radius 2 is 1.83 bits per heavy atom. The van der Waals surface area contributed by atoms with Gasteiger partial charge in [-0.1, -0.05) is 13.3 Å². The van der Waals surface area contributed by atoms with Crippen LogP contribution in [-0.4, -0.2) is 50.9 Å². The number of aromatic nitrogens is 2. The summed E-state index contributed by atoms with van der Waals surface area (Å²) < 4.78 is 79.0. The number of pyridine rings is 1. The zero-order valence-corrected chi connectivity index (χ0v) is 22.2. The summed E-state index contributed by atoms with van der Waals surface area (Å²) in [4.78, 5) is 4.25. The molecule has 0 saturated heterocycles. The van der Waals surface area contributed by atoms with Gasteiger partial charge in [-0.3, -0.25) is 9.12 Å². The number of anilines is 1. The summed E-state index contributed by atoms with van der Waals surface area (Å²) in [5, 5.41) is 0. The fraction of sp³-hybridized carbons (Fsp3) is 0.435. The molecule has 2 heterocycles. The molecule has 0 fully saturated rings. The van der Waals surface area contributed by atoms with Crippen molar-refractivity contribution in [3.63, 3.8) is 0 Å². The molecule has 0 atom stereocenters. The number of benzene rings is 1. The van der Waals surface area contributed by atoms with Crippen molar-refractivity contribution in [2.24, 2.45) is 0 Å². The van der Waals surface area contributed by atoms with Crippen molar-refractivity contribution >= 4 is 31.2 Å². The smallest absolute Gasteiger partial charge is 0.229 e. The molecule has 192 valence electrons. The summed E-state index contributed by atoms with van der Waals surface area (Å²) >= 11 is 0. The molecule has 0 unspecified atom stereocenters. The fourth-order valence-electron chi connectivity index (χ4n) is 3.37. The Bertz CT molecular complexity index is 1460. The van der Waals surface area contributed by atoms with E-state index in [1.54, 1.807) is 20.8 Å². The number of rotatable bonds is 9. The summed E-state index contributed by atoms with van der Waals surface area (Å²) in [7, 11) is -6.18. The highest BCUT2D eigenvalue weighted by molar-refractivity contribution is 7.93. The maximum atomic E-state index is 15.1. The molecule has 0 radical (unpaired) electrons. The second-order valence-electron chi connectivity index (χ2n) is 9.10. The van der Waals surface area contributed by atoms with Gasteiger partial charge >= 0.3 is 0 Å². The van der Waals surface area contributed by atoms with Gasteiger partial charge in [0.25, 0.3) is 0 Å². The van der Waals surface area contributed by atoms with E-state index in [9.17, 15) is 16.8 Å². The maximum absolute atomic E-state index is 15.1. The highest BCUT2D eigenvalue weighted by Crippen LogP contribution is 2.37. The molecule has 0 bridgehead atoms. The van der Waals surface area contributed by atoms with E-state index in [0.29, 0.717) is 17.8 Å². The molecule has 0 saturated carbocycles. The minimum atomic E-state index is -3.81. The monoisotopic (exact) mass is 527 g/mol. The number of hydrogen-bond donors (Lipinski definition) is 1. The van der Waals surface area contributed by atoms with Gasteiger partial charge in [0.15, 0.2) is 21.4 Å². The molecule has 9 nitrogen and oxygen atoms in total. The summed E-state index contributed by atoms with van der Waals surface area (Å²) in [6.45, 7) is 6.91. The second kappa shape index (κ2) is 9.65. The van der Waals surface area contributed by atoms with Crippen molar-refractivity contribution < 1.29 is 30.7 Å². The Kier molecular flexibility index (Phi) is 7.37. The zero-order valence-electron chi connectivity index (χ0n) is 20.5. The van der Waals surface area contributed by atoms with Gasteiger partial charge in [-0.15, -0.1) is 0 Å². The molecule has 0 spiro atoms. The van der Waals surface area contributed by atoms with E-state index in [2.05, 4.69) is 9.71 Å². The molecule has 3 rings (SSSR count). The molecule has 3 aromatic rings. The number of imidazole rings is 1. The average molecular weight is 528 g/mol. The minimum Gasteiger partial charge on any atom is -0.495 e. The molecule has 0 aliphatic heterocycles. The lowest BCUT2D eigenvalue weighted by atomic mass is 10.1. The molecular formula is C23H30FN3O6S2. The van der Waals surface area contributed by atoms with Crippen LogP contribution < -0.4 is 14.2 Å². The van der Waals surface area contributed by atoms with Gasteiger partial charge < -0.3 is 9.47 Å². The third kappa shape index (κ3) is 5.53. The Morgan fingerprint density at radius 1 is 1.14 bits per heavy atom. The van der Waals surface area contributed by atoms with Gasteiger partial charge in [0, 0.05) is 17.8 Å². The topological polar surface area (TPSA) is 116 Å². The SMILES string of the molecule is CCCCOc1c(F)cc(-c2cnc3cc(OC)c(S(=O)(=O)C(C)(C)C)cn23)cc1NS(C)(=O)=O. The van der Waals surface area contributed by atoms with Gasteiger partial charge in [0.2, 0.25) is 10.0 Å². The Hall–Kier alpha value is -2.86. The number of halogens is 1. The van der Waals surface area contributed by atoms with Crippen LogP contribution in [0.15, 0.2) is 35.5 Å². The van der Waals surface area contributed by atoms with Gasteiger partial charge in [-0.2, -0.15) is 0 Å². The number of unbranched alkanes of at least 4 members (excludes halogenated alkanes) is 1. The van der Waals surface area contributed by atoms with E-state index in [1.807, 2.05) is 6.92 Å². The lowest BCUT2D eigenvalue weighted by Gasteiger charge is -2.21. The van der Waals surface area contributed by atoms with Crippen LogP contribution in [0.2, 0.25) is 0 Å². The van der Waals surface area contributed by atoms with Crippen LogP contribution in [0.5, 0.6) is 11.5 Å². The molecule has 2 aromatic heterocycles. The predicted molar refractivity (Wildman–Crippen MR) is 133 cm³/mol. The van der Waals surface area contributed by atoms with Crippen LogP contribution in [-0.2, 0) is 19.9 Å². The first-order chi connectivity index (χ1) is 16.2. The van der Waals surface area contributed by atoms with E-state index >= 15 is 4.39 Å². The lowest BCUT2D eigenvalue weighted by Crippen LogP contribution is -2.28. The normalized spacial score (nSPS) is 12.7. The maximum Gasteiger partial charge on any atom is 0.229 e. The Balaban J connectivity index is 2.24. The standard InChI is InChI=1S/C23H30FN3O6S2/c1-7-8-9-33-22-16(24)10-15(11-17(22)26-34(6,28)29)18-13-25-21-12-19(32-5)20(14-27(18)21)35(30,31)23(2,3)4/h10-14,26H,7-9H2,1-6H3. The largest absolute Gasteiger partial charge is 0.495 e. The number of ether oxygens (including phenoxy) is 2. The van der Waals surface area contributed by atoms with Gasteiger partial charge in [-0.05, 0) is 39.3 Å². The second-order valence-corrected chi connectivity index (χ2v) is 13.5. The Labute approximate surface area is 205 Å². The molecular weight excluding hydrogens is 497 g/mol. The van der Waals surface area contributed by atoms with E-state index in [0.717, 1.165) is 12.7 Å². The van der Waals surface area contributed by atoms with Crippen LogP contribution in [0.1, 0.15) is 40.5 Å². The highest BCUT2D eigenvalue weighted by atomic mass is 32.2. The van der Waals surface area contributed by atoms with Crippen LogP contribution in [0.25, 0.3) is 16.9 Å². The number of nitrogens with one attached hydrogen (secondary N) is 1. The van der Waals surface area contributed by atoms with E-state index in [-0.39, 0.29) is 34.3 Å². The number of fused-ring (bicyclic) bond motifs is 1. The molecule has 0 amide bonds. The molecule has 12 heteroatoms. The third-order valence-corrected chi connectivity index (χ3v) is 8.36. The highest BCUT2D eigenvalue weighted by Gasteiger charge is 2.34. The number of hydrogen-bond acceptors (Lipinski definition) is 7. The Morgan fingerprint density at radius 3 is 2.40 bits per heavy atom. The minimum absolute atomic E-state index is 0.0475. The van der Waals surface area contributed by atoms with Crippen LogP contribution >= 0.6 is 0 Å². The quantitative estimate of drug-likeness (QED) is 0.413. The number of nitrogens with zero attached hydrogens (tertiary/aromatic N) is 2. The molecule has 1 N–H and O–H groups in total. The summed E-state index contributed by atoms with van der Waals surface area (Å²) in [6.07, 6.45) is 5.26. The van der Waals surface area contributed by atoms with Crippen molar-refractivity contribution in [3.8, 4) is 22.8 Å². The first-order valence-electron chi connectivity index (χ1n) is 10.9. The van der Waals surface area contributed by atoms with E-state index in [4.69, 9.17) is 9.47 Å². The van der Waals surface area contributed by atoms with E-state index < -0.39 is 30.4 Å². The van der Waals surface area contributed by atoms with Crippen molar-refractivity contribution in [3.05, 3.63) is 36.4 Å². The van der Waals surface area contributed by atoms with Gasteiger partial charge in [-0.25, -0.2) is 26.2 Å². The van der Waals surface area contributed by atoms with Crippen molar-refractivity contribution in [1.82, 2.24) is 9.38 Å².